The minimum absolute atomic E-state index is 0.532. The van der Waals surface area contributed by atoms with Crippen LogP contribution in [-0.2, 0) is 13.0 Å². The zero-order chi connectivity index (χ0) is 12.1. The number of hydrogen-bond donors (Lipinski definition) is 1. The fourth-order valence-corrected chi connectivity index (χ4v) is 4.35. The van der Waals surface area contributed by atoms with E-state index in [2.05, 4.69) is 35.4 Å². The molecule has 2 atom stereocenters. The summed E-state index contributed by atoms with van der Waals surface area (Å²) in [5, 5.41) is 3.67. The lowest BCUT2D eigenvalue weighted by Crippen LogP contribution is -2.42. The molecule has 0 amide bonds. The molecule has 3 heteroatoms. The van der Waals surface area contributed by atoms with Gasteiger partial charge >= 0.3 is 0 Å². The van der Waals surface area contributed by atoms with Crippen molar-refractivity contribution in [3.8, 4) is 0 Å². The van der Waals surface area contributed by atoms with Crippen molar-refractivity contribution >= 4 is 11.3 Å². The van der Waals surface area contributed by atoms with Crippen LogP contribution >= 0.6 is 11.3 Å². The topological polar surface area (TPSA) is 24.9 Å². The predicted octanol–water partition coefficient (Wildman–Crippen LogP) is 3.00. The monoisotopic (exact) mass is 256 g/mol. The second-order valence-electron chi connectivity index (χ2n) is 5.37. The Kier molecular flexibility index (Phi) is 2.32. The summed E-state index contributed by atoms with van der Waals surface area (Å²) >= 11 is 1.83. The average molecular weight is 256 g/mol. The molecule has 92 valence electrons. The van der Waals surface area contributed by atoms with E-state index in [1.165, 1.54) is 40.1 Å². The summed E-state index contributed by atoms with van der Waals surface area (Å²) in [6.45, 7) is 3.13. The van der Waals surface area contributed by atoms with E-state index < -0.39 is 0 Å². The lowest BCUT2D eigenvalue weighted by atomic mass is 9.76. The van der Waals surface area contributed by atoms with Gasteiger partial charge in [0.15, 0.2) is 0 Å². The zero-order valence-electron chi connectivity index (χ0n) is 10.4. The molecular weight excluding hydrogens is 240 g/mol. The predicted molar refractivity (Wildman–Crippen MR) is 74.1 cm³/mol. The lowest BCUT2D eigenvalue weighted by Gasteiger charge is -2.37. The smallest absolute Gasteiger partial charge is 0.0798 e. The molecule has 1 unspecified atom stereocenters. The molecule has 1 N–H and O–H groups in total. The summed E-state index contributed by atoms with van der Waals surface area (Å²) < 4.78 is 0. The van der Waals surface area contributed by atoms with Crippen molar-refractivity contribution in [2.75, 3.05) is 0 Å². The molecule has 0 spiro atoms. The summed E-state index contributed by atoms with van der Waals surface area (Å²) in [4.78, 5) is 5.99. The van der Waals surface area contributed by atoms with Crippen LogP contribution in [-0.4, -0.2) is 11.0 Å². The second-order valence-corrected chi connectivity index (χ2v) is 6.26. The summed E-state index contributed by atoms with van der Waals surface area (Å²) in [7, 11) is 0. The van der Waals surface area contributed by atoms with E-state index in [4.69, 9.17) is 0 Å². The quantitative estimate of drug-likeness (QED) is 0.784. The van der Waals surface area contributed by atoms with Gasteiger partial charge in [0.2, 0.25) is 0 Å². The highest BCUT2D eigenvalue weighted by Gasteiger charge is 2.36. The molecule has 1 aliphatic carbocycles. The normalized spacial score (nSPS) is 25.2. The minimum atomic E-state index is 0.532. The van der Waals surface area contributed by atoms with Gasteiger partial charge in [-0.3, -0.25) is 0 Å². The molecule has 4 rings (SSSR count). The highest BCUT2D eigenvalue weighted by atomic mass is 32.1. The fraction of sp³-hybridized carbons (Fsp3) is 0.400. The summed E-state index contributed by atoms with van der Waals surface area (Å²) in [5.41, 5.74) is 7.69. The van der Waals surface area contributed by atoms with Crippen LogP contribution in [0, 0.1) is 6.92 Å². The largest absolute Gasteiger partial charge is 0.307 e. The van der Waals surface area contributed by atoms with Gasteiger partial charge in [-0.2, -0.15) is 0 Å². The second kappa shape index (κ2) is 3.90. The maximum Gasteiger partial charge on any atom is 0.0798 e. The van der Waals surface area contributed by atoms with Gasteiger partial charge < -0.3 is 5.32 Å². The van der Waals surface area contributed by atoms with Gasteiger partial charge in [0.1, 0.15) is 0 Å². The first-order valence-electron chi connectivity index (χ1n) is 6.58. The van der Waals surface area contributed by atoms with Crippen LogP contribution in [0.1, 0.15) is 39.6 Å². The molecule has 18 heavy (non-hydrogen) atoms. The molecule has 2 aliphatic rings. The molecular formula is C15H16N2S. The molecule has 2 aromatic rings. The Bertz CT molecular complexity index is 602. The summed E-state index contributed by atoms with van der Waals surface area (Å²) in [5.74, 6) is 0.532. The van der Waals surface area contributed by atoms with Crippen LogP contribution in [0.4, 0.5) is 0 Å². The van der Waals surface area contributed by atoms with E-state index in [0.29, 0.717) is 12.0 Å². The van der Waals surface area contributed by atoms with Gasteiger partial charge in [0, 0.05) is 23.4 Å². The standard InChI is InChI=1S/C15H16N2S/c1-9-2-3-10-4-5-12-14(11(10)6-9)15-13(7-16-12)17-8-18-15/h2-3,6,8,12,14,16H,4-5,7H2,1H3/t12?,14-/m1/s1. The molecule has 0 saturated carbocycles. The van der Waals surface area contributed by atoms with E-state index in [1.807, 2.05) is 16.8 Å². The Morgan fingerprint density at radius 2 is 2.33 bits per heavy atom. The molecule has 0 radical (unpaired) electrons. The molecule has 0 fully saturated rings. The number of rotatable bonds is 0. The van der Waals surface area contributed by atoms with Gasteiger partial charge in [-0.05, 0) is 30.9 Å². The number of benzene rings is 1. The van der Waals surface area contributed by atoms with E-state index >= 15 is 0 Å². The number of aryl methyl sites for hydroxylation is 2. The number of aromatic nitrogens is 1. The molecule has 0 saturated heterocycles. The number of nitrogens with one attached hydrogen (secondary N) is 1. The first-order chi connectivity index (χ1) is 8.83. The average Bonchev–Trinajstić information content (AvgIpc) is 2.86. The molecule has 2 heterocycles. The van der Waals surface area contributed by atoms with Crippen molar-refractivity contribution in [3.05, 3.63) is 51.0 Å². The van der Waals surface area contributed by atoms with Crippen molar-refractivity contribution in [2.45, 2.75) is 38.3 Å². The third-order valence-electron chi connectivity index (χ3n) is 4.25. The Hall–Kier alpha value is -1.19. The van der Waals surface area contributed by atoms with Crippen molar-refractivity contribution < 1.29 is 0 Å². The lowest BCUT2D eigenvalue weighted by molar-refractivity contribution is 0.395. The van der Waals surface area contributed by atoms with Gasteiger partial charge in [-0.25, -0.2) is 4.98 Å². The summed E-state index contributed by atoms with van der Waals surface area (Å²) in [6.07, 6.45) is 2.45. The number of nitrogens with zero attached hydrogens (tertiary/aromatic N) is 1. The Balaban J connectivity index is 1.91. The number of thiazole rings is 1. The van der Waals surface area contributed by atoms with E-state index in [-0.39, 0.29) is 0 Å². The molecule has 2 nitrogen and oxygen atoms in total. The molecule has 0 bridgehead atoms. The zero-order valence-corrected chi connectivity index (χ0v) is 11.3. The van der Waals surface area contributed by atoms with Crippen molar-refractivity contribution in [3.63, 3.8) is 0 Å². The van der Waals surface area contributed by atoms with E-state index in [1.54, 1.807) is 0 Å². The Morgan fingerprint density at radius 3 is 3.28 bits per heavy atom. The van der Waals surface area contributed by atoms with E-state index in [9.17, 15) is 0 Å². The van der Waals surface area contributed by atoms with Crippen LogP contribution in [0.5, 0.6) is 0 Å². The first-order valence-corrected chi connectivity index (χ1v) is 7.46. The third-order valence-corrected chi connectivity index (χ3v) is 5.20. The third kappa shape index (κ3) is 1.47. The van der Waals surface area contributed by atoms with E-state index in [0.717, 1.165) is 6.54 Å². The molecule has 1 aromatic heterocycles. The van der Waals surface area contributed by atoms with Crippen molar-refractivity contribution in [1.82, 2.24) is 10.3 Å². The minimum Gasteiger partial charge on any atom is -0.307 e. The summed E-state index contributed by atoms with van der Waals surface area (Å²) in [6, 6.07) is 7.54. The van der Waals surface area contributed by atoms with Crippen LogP contribution in [0.15, 0.2) is 23.7 Å². The van der Waals surface area contributed by atoms with Gasteiger partial charge in [-0.15, -0.1) is 11.3 Å². The number of hydrogen-bond acceptors (Lipinski definition) is 3. The SMILES string of the molecule is Cc1ccc2c(c1)[C@H]1c3scnc3CNC1CC2. The maximum absolute atomic E-state index is 4.50. The maximum atomic E-state index is 4.50. The van der Waals surface area contributed by atoms with Crippen LogP contribution < -0.4 is 5.32 Å². The highest BCUT2D eigenvalue weighted by Crippen LogP contribution is 2.42. The van der Waals surface area contributed by atoms with Gasteiger partial charge in [0.05, 0.1) is 11.2 Å². The number of fused-ring (bicyclic) bond motifs is 5. The van der Waals surface area contributed by atoms with Gasteiger partial charge in [-0.1, -0.05) is 23.8 Å². The fourth-order valence-electron chi connectivity index (χ4n) is 3.36. The Labute approximate surface area is 111 Å². The van der Waals surface area contributed by atoms with Gasteiger partial charge in [0.25, 0.3) is 0 Å². The van der Waals surface area contributed by atoms with Crippen molar-refractivity contribution in [1.29, 1.82) is 0 Å². The first kappa shape index (κ1) is 10.7. The van der Waals surface area contributed by atoms with Crippen LogP contribution in [0.2, 0.25) is 0 Å². The highest BCUT2D eigenvalue weighted by molar-refractivity contribution is 7.09. The van der Waals surface area contributed by atoms with Crippen molar-refractivity contribution in [2.24, 2.45) is 0 Å². The molecule has 1 aliphatic heterocycles. The van der Waals surface area contributed by atoms with Crippen LogP contribution in [0.3, 0.4) is 0 Å². The molecule has 1 aromatic carbocycles. The van der Waals surface area contributed by atoms with Crippen LogP contribution in [0.25, 0.3) is 0 Å². The Morgan fingerprint density at radius 1 is 1.39 bits per heavy atom.